The van der Waals surface area contributed by atoms with Crippen molar-refractivity contribution in [2.45, 2.75) is 33.3 Å². The van der Waals surface area contributed by atoms with Crippen molar-refractivity contribution in [3.8, 4) is 0 Å². The Bertz CT molecular complexity index is 399. The Morgan fingerprint density at radius 3 is 2.56 bits per heavy atom. The third-order valence-electron chi connectivity index (χ3n) is 1.62. The van der Waals surface area contributed by atoms with Crippen molar-refractivity contribution < 1.29 is 9.53 Å². The first-order chi connectivity index (χ1) is 7.28. The zero-order valence-electron chi connectivity index (χ0n) is 9.80. The molecule has 0 spiro atoms. The molecule has 0 fully saturated rings. The van der Waals surface area contributed by atoms with Crippen LogP contribution >= 0.6 is 15.9 Å². The van der Waals surface area contributed by atoms with Crippen LogP contribution in [0.1, 0.15) is 26.5 Å². The van der Waals surface area contributed by atoms with Crippen LogP contribution in [0.2, 0.25) is 0 Å². The molecule has 0 bridgehead atoms. The highest BCUT2D eigenvalue weighted by Gasteiger charge is 2.17. The number of ether oxygens (including phenoxy) is 1. The summed E-state index contributed by atoms with van der Waals surface area (Å²) in [5, 5.41) is 2.62. The molecule has 0 radical (unpaired) electrons. The fraction of sp³-hybridized carbons (Fsp3) is 0.455. The first kappa shape index (κ1) is 13.0. The molecule has 0 aromatic carbocycles. The Morgan fingerprint density at radius 2 is 2.06 bits per heavy atom. The molecule has 0 unspecified atom stereocenters. The molecule has 1 heterocycles. The average Bonchev–Trinajstić information content (AvgIpc) is 2.06. The van der Waals surface area contributed by atoms with Gasteiger partial charge in [-0.05, 0) is 55.8 Å². The molecule has 1 rings (SSSR count). The van der Waals surface area contributed by atoms with Gasteiger partial charge in [-0.25, -0.2) is 9.78 Å². The van der Waals surface area contributed by atoms with Gasteiger partial charge in [0.1, 0.15) is 10.2 Å². The van der Waals surface area contributed by atoms with E-state index in [1.54, 1.807) is 6.07 Å². The number of nitrogens with zero attached hydrogens (tertiary/aromatic N) is 1. The van der Waals surface area contributed by atoms with Gasteiger partial charge in [-0.2, -0.15) is 0 Å². The van der Waals surface area contributed by atoms with Crippen LogP contribution in [0.4, 0.5) is 10.5 Å². The molecular weight excluding hydrogens is 272 g/mol. The summed E-state index contributed by atoms with van der Waals surface area (Å²) in [7, 11) is 0. The number of aryl methyl sites for hydroxylation is 1. The number of carbonyl (C=O) groups is 1. The van der Waals surface area contributed by atoms with E-state index in [1.165, 1.54) is 0 Å². The zero-order valence-corrected chi connectivity index (χ0v) is 11.4. The molecule has 5 heteroatoms. The van der Waals surface area contributed by atoms with Crippen molar-refractivity contribution in [3.05, 3.63) is 22.4 Å². The van der Waals surface area contributed by atoms with Crippen LogP contribution in [-0.4, -0.2) is 16.7 Å². The number of anilines is 1. The van der Waals surface area contributed by atoms with E-state index < -0.39 is 11.7 Å². The molecule has 0 saturated heterocycles. The van der Waals surface area contributed by atoms with E-state index in [1.807, 2.05) is 33.8 Å². The Kier molecular flexibility index (Phi) is 3.91. The van der Waals surface area contributed by atoms with Crippen LogP contribution in [0.3, 0.4) is 0 Å². The first-order valence-corrected chi connectivity index (χ1v) is 5.70. The van der Waals surface area contributed by atoms with E-state index in [2.05, 4.69) is 26.2 Å². The van der Waals surface area contributed by atoms with Gasteiger partial charge in [0.05, 0.1) is 5.69 Å². The summed E-state index contributed by atoms with van der Waals surface area (Å²) >= 11 is 3.27. The first-order valence-electron chi connectivity index (χ1n) is 4.91. The van der Waals surface area contributed by atoms with E-state index in [0.29, 0.717) is 10.3 Å². The van der Waals surface area contributed by atoms with Crippen molar-refractivity contribution >= 4 is 27.7 Å². The third-order valence-corrected chi connectivity index (χ3v) is 2.23. The molecule has 0 aliphatic carbocycles. The summed E-state index contributed by atoms with van der Waals surface area (Å²) in [5.41, 5.74) is 0.968. The largest absolute Gasteiger partial charge is 0.444 e. The predicted molar refractivity (Wildman–Crippen MR) is 66.5 cm³/mol. The van der Waals surface area contributed by atoms with Gasteiger partial charge < -0.3 is 4.74 Å². The van der Waals surface area contributed by atoms with E-state index in [4.69, 9.17) is 4.74 Å². The maximum absolute atomic E-state index is 11.5. The number of nitrogens with one attached hydrogen (secondary N) is 1. The topological polar surface area (TPSA) is 51.2 Å². The molecular formula is C11H15BrN2O2. The Hall–Kier alpha value is -1.10. The normalized spacial score (nSPS) is 11.1. The number of halogens is 1. The molecule has 16 heavy (non-hydrogen) atoms. The van der Waals surface area contributed by atoms with Gasteiger partial charge >= 0.3 is 6.09 Å². The number of carbonyl (C=O) groups excluding carboxylic acids is 1. The lowest BCUT2D eigenvalue weighted by Gasteiger charge is -2.19. The molecule has 1 amide bonds. The second-order valence-corrected chi connectivity index (χ2v) is 5.17. The quantitative estimate of drug-likeness (QED) is 0.804. The molecule has 4 nitrogen and oxygen atoms in total. The van der Waals surface area contributed by atoms with Crippen molar-refractivity contribution in [1.82, 2.24) is 4.98 Å². The van der Waals surface area contributed by atoms with Crippen molar-refractivity contribution in [3.63, 3.8) is 0 Å². The Morgan fingerprint density at radius 1 is 1.44 bits per heavy atom. The van der Waals surface area contributed by atoms with Gasteiger partial charge in [0.15, 0.2) is 0 Å². The van der Waals surface area contributed by atoms with Crippen LogP contribution in [0.25, 0.3) is 0 Å². The monoisotopic (exact) mass is 286 g/mol. The van der Waals surface area contributed by atoms with Crippen LogP contribution in [-0.2, 0) is 4.74 Å². The molecule has 1 N–H and O–H groups in total. The average molecular weight is 287 g/mol. The number of pyridine rings is 1. The molecule has 0 saturated carbocycles. The lowest BCUT2D eigenvalue weighted by molar-refractivity contribution is 0.0636. The van der Waals surface area contributed by atoms with Crippen molar-refractivity contribution in [2.75, 3.05) is 5.32 Å². The second kappa shape index (κ2) is 4.82. The lowest BCUT2D eigenvalue weighted by atomic mass is 10.2. The zero-order chi connectivity index (χ0) is 12.3. The van der Waals surface area contributed by atoms with Gasteiger partial charge in [-0.3, -0.25) is 5.32 Å². The van der Waals surface area contributed by atoms with Gasteiger partial charge in [0.2, 0.25) is 0 Å². The summed E-state index contributed by atoms with van der Waals surface area (Å²) in [5.74, 6) is 0. The maximum atomic E-state index is 11.5. The minimum absolute atomic E-state index is 0.487. The van der Waals surface area contributed by atoms with E-state index in [0.717, 1.165) is 5.69 Å². The number of amides is 1. The van der Waals surface area contributed by atoms with Crippen LogP contribution in [0, 0.1) is 6.92 Å². The fourth-order valence-electron chi connectivity index (χ4n) is 1.03. The Balaban J connectivity index is 2.70. The summed E-state index contributed by atoms with van der Waals surface area (Å²) in [6.07, 6.45) is -0.487. The van der Waals surface area contributed by atoms with E-state index >= 15 is 0 Å². The predicted octanol–water partition coefficient (Wildman–Crippen LogP) is 3.50. The second-order valence-electron chi connectivity index (χ2n) is 4.42. The number of hydrogen-bond acceptors (Lipinski definition) is 3. The smallest absolute Gasteiger partial charge is 0.412 e. The van der Waals surface area contributed by atoms with Gasteiger partial charge in [-0.1, -0.05) is 0 Å². The minimum Gasteiger partial charge on any atom is -0.444 e. The fourth-order valence-corrected chi connectivity index (χ4v) is 1.54. The highest BCUT2D eigenvalue weighted by atomic mass is 79.9. The van der Waals surface area contributed by atoms with E-state index in [-0.39, 0.29) is 0 Å². The van der Waals surface area contributed by atoms with E-state index in [9.17, 15) is 4.79 Å². The van der Waals surface area contributed by atoms with Crippen molar-refractivity contribution in [1.29, 1.82) is 0 Å². The maximum Gasteiger partial charge on any atom is 0.412 e. The lowest BCUT2D eigenvalue weighted by Crippen LogP contribution is -2.27. The highest BCUT2D eigenvalue weighted by Crippen LogP contribution is 2.20. The summed E-state index contributed by atoms with van der Waals surface area (Å²) in [6.45, 7) is 7.32. The molecule has 1 aromatic rings. The molecule has 0 aliphatic heterocycles. The third kappa shape index (κ3) is 4.18. The molecule has 88 valence electrons. The molecule has 0 aliphatic rings. The highest BCUT2D eigenvalue weighted by molar-refractivity contribution is 9.10. The van der Waals surface area contributed by atoms with Gasteiger partial charge in [0.25, 0.3) is 0 Å². The van der Waals surface area contributed by atoms with Crippen molar-refractivity contribution in [2.24, 2.45) is 0 Å². The van der Waals surface area contributed by atoms with Gasteiger partial charge in [0, 0.05) is 5.69 Å². The summed E-state index contributed by atoms with van der Waals surface area (Å²) in [4.78, 5) is 15.7. The molecule has 1 aromatic heterocycles. The Labute approximate surface area is 104 Å². The summed E-state index contributed by atoms with van der Waals surface area (Å²) in [6, 6.07) is 3.59. The SMILES string of the molecule is Cc1ccc(NC(=O)OC(C)(C)C)c(Br)n1. The minimum atomic E-state index is -0.505. The van der Waals surface area contributed by atoms with Crippen LogP contribution in [0.5, 0.6) is 0 Å². The number of aromatic nitrogens is 1. The summed E-state index contributed by atoms with van der Waals surface area (Å²) < 4.78 is 5.72. The van der Waals surface area contributed by atoms with Gasteiger partial charge in [-0.15, -0.1) is 0 Å². The van der Waals surface area contributed by atoms with Crippen LogP contribution in [0.15, 0.2) is 16.7 Å². The molecule has 0 atom stereocenters. The number of hydrogen-bond donors (Lipinski definition) is 1. The van der Waals surface area contributed by atoms with Crippen LogP contribution < -0.4 is 5.32 Å². The number of rotatable bonds is 1. The standard InChI is InChI=1S/C11H15BrN2O2/c1-7-5-6-8(9(12)13-7)14-10(15)16-11(2,3)4/h5-6H,1-4H3,(H,14,15).